The third-order valence-corrected chi connectivity index (χ3v) is 4.31. The van der Waals surface area contributed by atoms with Gasteiger partial charge in [-0.05, 0) is 12.0 Å². The fourth-order valence-corrected chi connectivity index (χ4v) is 2.88. The number of nitrogens with two attached hydrogens (primary N) is 1. The summed E-state index contributed by atoms with van der Waals surface area (Å²) in [6.45, 7) is 4.64. The maximum atomic E-state index is 11.7. The van der Waals surface area contributed by atoms with E-state index in [0.29, 0.717) is 29.7 Å². The van der Waals surface area contributed by atoms with E-state index in [1.807, 2.05) is 0 Å². The molecule has 1 heterocycles. The van der Waals surface area contributed by atoms with Crippen molar-refractivity contribution in [3.63, 3.8) is 0 Å². The van der Waals surface area contributed by atoms with Gasteiger partial charge in [0.25, 0.3) is 5.56 Å². The number of nitrogens with zero attached hydrogens (tertiary/aromatic N) is 1. The van der Waals surface area contributed by atoms with Crippen LogP contribution in [-0.4, -0.2) is 20.3 Å². The molecule has 17 heavy (non-hydrogen) atoms. The van der Waals surface area contributed by atoms with E-state index in [2.05, 4.69) is 13.8 Å². The minimum absolute atomic E-state index is 0.0975. The average molecular weight is 256 g/mol. The van der Waals surface area contributed by atoms with Crippen LogP contribution in [0.5, 0.6) is 0 Å². The monoisotopic (exact) mass is 256 g/mol. The van der Waals surface area contributed by atoms with Crippen LogP contribution in [0.25, 0.3) is 0 Å². The van der Waals surface area contributed by atoms with Crippen molar-refractivity contribution in [2.45, 2.75) is 26.8 Å². The molecule has 0 bridgehead atoms. The average Bonchev–Trinajstić information content (AvgIpc) is 2.30. The zero-order valence-corrected chi connectivity index (χ0v) is 11.2. The van der Waals surface area contributed by atoms with E-state index in [4.69, 9.17) is 5.73 Å². The Morgan fingerprint density at radius 3 is 2.82 bits per heavy atom. The third kappa shape index (κ3) is 4.73. The predicted octanol–water partition coefficient (Wildman–Crippen LogP) is 1.23. The van der Waals surface area contributed by atoms with Crippen LogP contribution in [0.1, 0.15) is 20.3 Å². The van der Waals surface area contributed by atoms with Crippen molar-refractivity contribution in [2.24, 2.45) is 5.92 Å². The van der Waals surface area contributed by atoms with Crippen LogP contribution in [0.3, 0.4) is 0 Å². The number of hydrogen-bond acceptors (Lipinski definition) is 3. The zero-order valence-electron chi connectivity index (χ0n) is 10.4. The molecule has 96 valence electrons. The maximum Gasteiger partial charge on any atom is 0.250 e. The number of nitrogen functional groups attached to an aromatic ring is 1. The Bertz CT molecular complexity index is 442. The lowest BCUT2D eigenvalue weighted by Gasteiger charge is -2.09. The normalized spacial score (nSPS) is 14.5. The van der Waals surface area contributed by atoms with Crippen molar-refractivity contribution < 1.29 is 4.21 Å². The fraction of sp³-hybridized carbons (Fsp3) is 0.583. The highest BCUT2D eigenvalue weighted by Crippen LogP contribution is 2.03. The van der Waals surface area contributed by atoms with Gasteiger partial charge < -0.3 is 10.3 Å². The predicted molar refractivity (Wildman–Crippen MR) is 72.4 cm³/mol. The summed E-state index contributed by atoms with van der Waals surface area (Å²) in [5.41, 5.74) is 6.06. The molecule has 4 nitrogen and oxygen atoms in total. The van der Waals surface area contributed by atoms with Crippen molar-refractivity contribution in [1.29, 1.82) is 0 Å². The Morgan fingerprint density at radius 2 is 2.18 bits per heavy atom. The minimum Gasteiger partial charge on any atom is -0.398 e. The molecule has 2 unspecified atom stereocenters. The summed E-state index contributed by atoms with van der Waals surface area (Å²) < 4.78 is 13.3. The summed E-state index contributed by atoms with van der Waals surface area (Å²) in [5, 5.41) is 0. The Morgan fingerprint density at radius 1 is 1.47 bits per heavy atom. The molecule has 0 aromatic carbocycles. The van der Waals surface area contributed by atoms with Crippen LogP contribution in [0, 0.1) is 5.92 Å². The van der Waals surface area contributed by atoms with Gasteiger partial charge in [0.05, 0.1) is 0 Å². The molecule has 0 radical (unpaired) electrons. The van der Waals surface area contributed by atoms with Crippen molar-refractivity contribution in [3.05, 3.63) is 28.7 Å². The quantitative estimate of drug-likeness (QED) is 0.832. The molecule has 5 heteroatoms. The van der Waals surface area contributed by atoms with Gasteiger partial charge in [0.15, 0.2) is 0 Å². The van der Waals surface area contributed by atoms with Gasteiger partial charge in [-0.15, -0.1) is 0 Å². The molecule has 0 aliphatic carbocycles. The largest absolute Gasteiger partial charge is 0.398 e. The van der Waals surface area contributed by atoms with Crippen LogP contribution in [0.4, 0.5) is 5.69 Å². The molecule has 0 spiro atoms. The number of aryl methyl sites for hydroxylation is 1. The second kappa shape index (κ2) is 6.59. The van der Waals surface area contributed by atoms with E-state index in [-0.39, 0.29) is 5.56 Å². The van der Waals surface area contributed by atoms with Crippen LogP contribution in [0.15, 0.2) is 23.1 Å². The Labute approximate surface area is 104 Å². The second-order valence-corrected chi connectivity index (χ2v) is 5.94. The van der Waals surface area contributed by atoms with Gasteiger partial charge in [0.2, 0.25) is 0 Å². The summed E-state index contributed by atoms with van der Waals surface area (Å²) in [5.74, 6) is 1.68. The highest BCUT2D eigenvalue weighted by Gasteiger charge is 2.06. The first-order valence-corrected chi connectivity index (χ1v) is 7.32. The highest BCUT2D eigenvalue weighted by atomic mass is 32.2. The van der Waals surface area contributed by atoms with E-state index in [9.17, 15) is 9.00 Å². The van der Waals surface area contributed by atoms with Crippen LogP contribution in [0.2, 0.25) is 0 Å². The lowest BCUT2D eigenvalue weighted by molar-refractivity contribution is 0.611. The first kappa shape index (κ1) is 14.0. The van der Waals surface area contributed by atoms with Crippen LogP contribution < -0.4 is 11.3 Å². The molecule has 2 N–H and O–H groups in total. The number of rotatable bonds is 6. The van der Waals surface area contributed by atoms with Gasteiger partial charge in [-0.3, -0.25) is 9.00 Å². The van der Waals surface area contributed by atoms with E-state index >= 15 is 0 Å². The van der Waals surface area contributed by atoms with E-state index in [0.717, 1.165) is 6.42 Å². The topological polar surface area (TPSA) is 65.1 Å². The van der Waals surface area contributed by atoms with Gasteiger partial charge in [0.1, 0.15) is 0 Å². The molecule has 0 saturated heterocycles. The lowest BCUT2D eigenvalue weighted by atomic mass is 10.2. The zero-order chi connectivity index (χ0) is 12.8. The summed E-state index contributed by atoms with van der Waals surface area (Å²) in [6.07, 6.45) is 2.63. The summed E-state index contributed by atoms with van der Waals surface area (Å²) >= 11 is 0. The lowest BCUT2D eigenvalue weighted by Crippen LogP contribution is -2.23. The smallest absolute Gasteiger partial charge is 0.250 e. The minimum atomic E-state index is -0.866. The summed E-state index contributed by atoms with van der Waals surface area (Å²) in [4.78, 5) is 11.5. The molecule has 0 fully saturated rings. The Kier molecular flexibility index (Phi) is 5.41. The molecule has 2 atom stereocenters. The van der Waals surface area contributed by atoms with Gasteiger partial charge in [-0.25, -0.2) is 0 Å². The molecule has 1 aromatic heterocycles. The first-order chi connectivity index (χ1) is 8.02. The standard InChI is InChI=1S/C12H20N2O2S/c1-3-10(2)9-17(16)7-6-14-8-11(13)4-5-12(14)15/h4-5,8,10H,3,6-7,9,13H2,1-2H3. The molecule has 0 amide bonds. The molecule has 0 saturated carbocycles. The highest BCUT2D eigenvalue weighted by molar-refractivity contribution is 7.84. The van der Waals surface area contributed by atoms with Crippen molar-refractivity contribution in [1.82, 2.24) is 4.57 Å². The summed E-state index contributed by atoms with van der Waals surface area (Å²) in [6, 6.07) is 3.02. The Hall–Kier alpha value is -1.10. The number of aromatic nitrogens is 1. The summed E-state index contributed by atoms with van der Waals surface area (Å²) in [7, 11) is -0.866. The van der Waals surface area contributed by atoms with Crippen molar-refractivity contribution >= 4 is 16.5 Å². The number of hydrogen-bond donors (Lipinski definition) is 1. The van der Waals surface area contributed by atoms with Gasteiger partial charge >= 0.3 is 0 Å². The van der Waals surface area contributed by atoms with Crippen LogP contribution >= 0.6 is 0 Å². The molecular formula is C12H20N2O2S. The second-order valence-electron chi connectivity index (χ2n) is 4.32. The fourth-order valence-electron chi connectivity index (χ4n) is 1.44. The van der Waals surface area contributed by atoms with Gasteiger partial charge in [-0.1, -0.05) is 20.3 Å². The molecule has 1 rings (SSSR count). The number of anilines is 1. The molecule has 0 aliphatic rings. The number of pyridine rings is 1. The van der Waals surface area contributed by atoms with E-state index in [1.54, 1.807) is 12.3 Å². The molecular weight excluding hydrogens is 236 g/mol. The third-order valence-electron chi connectivity index (χ3n) is 2.73. The van der Waals surface area contributed by atoms with Gasteiger partial charge in [-0.2, -0.15) is 0 Å². The van der Waals surface area contributed by atoms with Crippen LogP contribution in [-0.2, 0) is 17.3 Å². The van der Waals surface area contributed by atoms with E-state index in [1.165, 1.54) is 10.6 Å². The molecule has 0 aliphatic heterocycles. The van der Waals surface area contributed by atoms with E-state index < -0.39 is 10.8 Å². The SMILES string of the molecule is CCC(C)CS(=O)CCn1cc(N)ccc1=O. The van der Waals surface area contributed by atoms with Crippen molar-refractivity contribution in [3.8, 4) is 0 Å². The van der Waals surface area contributed by atoms with Gasteiger partial charge in [0, 0.05) is 46.8 Å². The first-order valence-electron chi connectivity index (χ1n) is 5.84. The van der Waals surface area contributed by atoms with Crippen molar-refractivity contribution in [2.75, 3.05) is 17.2 Å². The maximum absolute atomic E-state index is 11.7. The Balaban J connectivity index is 2.53. The molecule has 1 aromatic rings.